The van der Waals surface area contributed by atoms with Gasteiger partial charge in [-0.3, -0.25) is 4.21 Å². The van der Waals surface area contributed by atoms with Gasteiger partial charge in [0.25, 0.3) is 10.0 Å². The summed E-state index contributed by atoms with van der Waals surface area (Å²) in [4.78, 5) is 0.338. The topological polar surface area (TPSA) is 63.6 Å². The fourth-order valence-corrected chi connectivity index (χ4v) is 5.29. The van der Waals surface area contributed by atoms with Crippen LogP contribution in [0, 0.1) is 12.7 Å². The fraction of sp³-hybridized carbons (Fsp3) is 0.0625. The van der Waals surface area contributed by atoms with Crippen molar-refractivity contribution >= 4 is 19.8 Å². The number of rotatable bonds is 5. The number of hydrogen-bond acceptors (Lipinski definition) is 3. The summed E-state index contributed by atoms with van der Waals surface area (Å²) in [5, 5.41) is 0. The second kappa shape index (κ2) is 7.89. The molecule has 0 amide bonds. The molecule has 23 heavy (non-hydrogen) atoms. The molecule has 116 valence electrons. The molecule has 0 heterocycles. The zero-order valence-corrected chi connectivity index (χ0v) is 14.7. The van der Waals surface area contributed by atoms with Crippen LogP contribution in [0.3, 0.4) is 0 Å². The largest absolute Gasteiger partial charge is 1.00 e. The van der Waals surface area contributed by atoms with Crippen molar-refractivity contribution < 1.29 is 31.5 Å². The molecule has 0 aliphatic rings. The molecule has 0 unspecified atom stereocenters. The summed E-state index contributed by atoms with van der Waals surface area (Å²) in [5.41, 5.74) is 0.931. The van der Waals surface area contributed by atoms with Gasteiger partial charge in [-0.2, -0.15) is 8.42 Å². The van der Waals surface area contributed by atoms with Crippen molar-refractivity contribution in [1.82, 2.24) is 0 Å². The van der Waals surface area contributed by atoms with Gasteiger partial charge >= 0.3 is 18.9 Å². The summed E-state index contributed by atoms with van der Waals surface area (Å²) in [6, 6.07) is 14.5. The van der Waals surface area contributed by atoms with Crippen LogP contribution in [0.4, 0.5) is 0 Å². The Morgan fingerprint density at radius 1 is 0.957 bits per heavy atom. The molecule has 0 aliphatic heterocycles. The zero-order valence-electron chi connectivity index (χ0n) is 13.0. The Labute approximate surface area is 150 Å². The molecule has 0 saturated carbocycles. The third-order valence-electron chi connectivity index (χ3n) is 2.89. The van der Waals surface area contributed by atoms with Gasteiger partial charge in [0.15, 0.2) is 0 Å². The SMILES string of the molecule is C=C[CH-][S@@](=O)(=NS(=O)(=O)c1ccc(C)cc1)c1ccccc1.[Li+]. The average molecular weight is 341 g/mol. The van der Waals surface area contributed by atoms with Gasteiger partial charge in [-0.15, -0.1) is 9.52 Å². The van der Waals surface area contributed by atoms with Crippen LogP contribution < -0.4 is 18.9 Å². The number of nitrogens with zero attached hydrogens (tertiary/aromatic N) is 1. The third kappa shape index (κ3) is 4.76. The summed E-state index contributed by atoms with van der Waals surface area (Å²) in [6.45, 7) is 5.35. The first-order valence-electron chi connectivity index (χ1n) is 6.48. The minimum atomic E-state index is -4.03. The van der Waals surface area contributed by atoms with Crippen LogP contribution in [0.2, 0.25) is 0 Å². The van der Waals surface area contributed by atoms with Crippen molar-refractivity contribution in [1.29, 1.82) is 0 Å². The van der Waals surface area contributed by atoms with E-state index in [0.29, 0.717) is 4.90 Å². The Morgan fingerprint density at radius 3 is 2.04 bits per heavy atom. The molecular formula is C16H16LiNO3S2. The first-order chi connectivity index (χ1) is 10.4. The maximum absolute atomic E-state index is 13.0. The second-order valence-electron chi connectivity index (χ2n) is 4.62. The normalized spacial score (nSPS) is 13.3. The predicted molar refractivity (Wildman–Crippen MR) is 88.1 cm³/mol. The van der Waals surface area contributed by atoms with Crippen molar-refractivity contribution in [3.63, 3.8) is 0 Å². The van der Waals surface area contributed by atoms with Crippen LogP contribution in [0.25, 0.3) is 0 Å². The molecule has 0 aromatic heterocycles. The first kappa shape index (κ1) is 19.6. The minimum Gasteiger partial charge on any atom is -0.258 e. The number of sulfonamides is 1. The molecule has 0 spiro atoms. The maximum atomic E-state index is 13.0. The van der Waals surface area contributed by atoms with Gasteiger partial charge in [0.1, 0.15) is 0 Å². The van der Waals surface area contributed by atoms with Gasteiger partial charge in [-0.25, -0.2) is 12.7 Å². The summed E-state index contributed by atoms with van der Waals surface area (Å²) in [6.07, 6.45) is 1.30. The molecule has 0 saturated heterocycles. The van der Waals surface area contributed by atoms with Gasteiger partial charge < -0.3 is 0 Å². The van der Waals surface area contributed by atoms with Gasteiger partial charge in [-0.05, 0) is 31.2 Å². The quantitative estimate of drug-likeness (QED) is 0.590. The Kier molecular flexibility index (Phi) is 6.72. The number of hydrogen-bond donors (Lipinski definition) is 0. The standard InChI is InChI=1S/C16H16NO3S2.Li/c1-3-13-21(18,15-7-5-4-6-8-15)17-22(19,20)16-11-9-14(2)10-12-16;/h3-13H,1H2,2H3;/q-1;+1/t21-;/m0./s1. The fourth-order valence-electron chi connectivity index (χ4n) is 1.79. The predicted octanol–water partition coefficient (Wildman–Crippen LogP) is 0.563. The summed E-state index contributed by atoms with van der Waals surface area (Å²) >= 11 is 0. The van der Waals surface area contributed by atoms with E-state index in [1.807, 2.05) is 6.92 Å². The number of benzene rings is 2. The van der Waals surface area contributed by atoms with Gasteiger partial charge in [0, 0.05) is 14.6 Å². The van der Waals surface area contributed by atoms with Crippen molar-refractivity contribution in [3.05, 3.63) is 78.6 Å². The molecule has 0 N–H and O–H groups in total. The Hall–Kier alpha value is -1.45. The molecule has 2 aromatic carbocycles. The molecule has 2 rings (SSSR count). The number of aryl methyl sites for hydroxylation is 1. The van der Waals surface area contributed by atoms with Crippen LogP contribution in [0.5, 0.6) is 0 Å². The Morgan fingerprint density at radius 2 is 1.52 bits per heavy atom. The van der Waals surface area contributed by atoms with E-state index in [1.54, 1.807) is 42.5 Å². The van der Waals surface area contributed by atoms with Crippen molar-refractivity contribution in [3.8, 4) is 0 Å². The molecule has 0 aliphatic carbocycles. The molecule has 2 aromatic rings. The van der Waals surface area contributed by atoms with E-state index in [9.17, 15) is 12.6 Å². The van der Waals surface area contributed by atoms with Crippen LogP contribution in [-0.2, 0) is 19.8 Å². The monoisotopic (exact) mass is 341 g/mol. The molecular weight excluding hydrogens is 325 g/mol. The van der Waals surface area contributed by atoms with E-state index in [0.717, 1.165) is 5.56 Å². The maximum Gasteiger partial charge on any atom is 1.00 e. The van der Waals surface area contributed by atoms with Crippen LogP contribution in [0.1, 0.15) is 5.56 Å². The Bertz CT molecular complexity index is 883. The van der Waals surface area contributed by atoms with Crippen LogP contribution in [-0.4, -0.2) is 12.6 Å². The molecule has 0 radical (unpaired) electrons. The van der Waals surface area contributed by atoms with Crippen molar-refractivity contribution in [2.24, 2.45) is 3.77 Å². The van der Waals surface area contributed by atoms with Gasteiger partial charge in [-0.1, -0.05) is 35.9 Å². The molecule has 0 bridgehead atoms. The van der Waals surface area contributed by atoms with E-state index in [-0.39, 0.29) is 23.8 Å². The molecule has 7 heteroatoms. The third-order valence-corrected chi connectivity index (χ3v) is 6.94. The summed E-state index contributed by atoms with van der Waals surface area (Å²) in [5.74, 6) is 1.22. The van der Waals surface area contributed by atoms with E-state index < -0.39 is 19.8 Å². The molecule has 1 atom stereocenters. The Balaban J connectivity index is 0.00000264. The van der Waals surface area contributed by atoms with Crippen LogP contribution in [0.15, 0.2) is 80.8 Å². The van der Waals surface area contributed by atoms with E-state index in [4.69, 9.17) is 0 Å². The first-order valence-corrected chi connectivity index (χ1v) is 9.50. The van der Waals surface area contributed by atoms with Gasteiger partial charge in [0.05, 0.1) is 4.90 Å². The average Bonchev–Trinajstić information content (AvgIpc) is 2.48. The summed E-state index contributed by atoms with van der Waals surface area (Å²) in [7, 11) is -7.27. The van der Waals surface area contributed by atoms with E-state index in [2.05, 4.69) is 10.3 Å². The summed E-state index contributed by atoms with van der Waals surface area (Å²) < 4.78 is 41.5. The smallest absolute Gasteiger partial charge is 0.258 e. The van der Waals surface area contributed by atoms with Gasteiger partial charge in [0.2, 0.25) is 0 Å². The van der Waals surface area contributed by atoms with E-state index >= 15 is 0 Å². The van der Waals surface area contributed by atoms with E-state index in [1.165, 1.54) is 24.0 Å². The zero-order chi connectivity index (χ0) is 16.2. The van der Waals surface area contributed by atoms with Crippen LogP contribution >= 0.6 is 0 Å². The molecule has 4 nitrogen and oxygen atoms in total. The van der Waals surface area contributed by atoms with Crippen molar-refractivity contribution in [2.45, 2.75) is 16.7 Å². The van der Waals surface area contributed by atoms with Crippen molar-refractivity contribution in [2.75, 3.05) is 0 Å². The minimum absolute atomic E-state index is 0. The second-order valence-corrected chi connectivity index (χ2v) is 8.51. The molecule has 0 fully saturated rings.